The molecule has 1 saturated heterocycles. The van der Waals surface area contributed by atoms with Gasteiger partial charge in [0.15, 0.2) is 0 Å². The topological polar surface area (TPSA) is 55.4 Å². The number of β-amino-alcohol motifs (C(OH)–C–C–N with tert-alkyl or cyclic N) is 1. The first kappa shape index (κ1) is 16.9. The fourth-order valence-electron chi connectivity index (χ4n) is 4.30. The number of H-pyrrole nitrogens is 1. The van der Waals surface area contributed by atoms with E-state index in [1.54, 1.807) is 6.07 Å². The number of nitrogens with one attached hydrogen (secondary N) is 1. The molecule has 6 heteroatoms. The second-order valence-electron chi connectivity index (χ2n) is 7.48. The molecule has 2 fully saturated rings. The lowest BCUT2D eigenvalue weighted by atomic mass is 10.2. The number of rotatable bonds is 4. The zero-order chi connectivity index (χ0) is 17.2. The SMILES string of the molecule is O[C@H]1CN(CCc2nc3ccc(F)cc3[nH]2)CCN(C2CCCC2)C1. The Labute approximate surface area is 147 Å². The molecule has 25 heavy (non-hydrogen) atoms. The summed E-state index contributed by atoms with van der Waals surface area (Å²) < 4.78 is 13.3. The van der Waals surface area contributed by atoms with E-state index in [2.05, 4.69) is 19.8 Å². The average Bonchev–Trinajstić information content (AvgIpc) is 3.21. The van der Waals surface area contributed by atoms with Crippen molar-refractivity contribution in [2.45, 2.75) is 44.2 Å². The van der Waals surface area contributed by atoms with Gasteiger partial charge in [-0.2, -0.15) is 0 Å². The Hall–Kier alpha value is -1.50. The molecule has 1 saturated carbocycles. The summed E-state index contributed by atoms with van der Waals surface area (Å²) in [5.41, 5.74) is 1.55. The highest BCUT2D eigenvalue weighted by atomic mass is 19.1. The summed E-state index contributed by atoms with van der Waals surface area (Å²) in [5, 5.41) is 10.4. The molecule has 136 valence electrons. The standard InChI is InChI=1S/C19H27FN4O/c20-14-5-6-17-18(11-14)22-19(21-17)7-8-23-9-10-24(13-16(25)12-23)15-3-1-2-4-15/h5-6,11,15-16,25H,1-4,7-10,12-13H2,(H,21,22)/t16-/m0/s1. The minimum absolute atomic E-state index is 0.245. The largest absolute Gasteiger partial charge is 0.390 e. The Balaban J connectivity index is 1.35. The van der Waals surface area contributed by atoms with Crippen molar-refractivity contribution in [3.8, 4) is 0 Å². The summed E-state index contributed by atoms with van der Waals surface area (Å²) in [6.45, 7) is 4.40. The van der Waals surface area contributed by atoms with Crippen LogP contribution in [-0.4, -0.2) is 69.7 Å². The second kappa shape index (κ2) is 7.40. The molecule has 2 heterocycles. The Morgan fingerprint density at radius 3 is 2.88 bits per heavy atom. The lowest BCUT2D eigenvalue weighted by Crippen LogP contribution is -2.39. The molecule has 5 nitrogen and oxygen atoms in total. The minimum Gasteiger partial charge on any atom is -0.390 e. The van der Waals surface area contributed by atoms with Crippen molar-refractivity contribution in [1.29, 1.82) is 0 Å². The molecule has 2 aromatic rings. The molecule has 1 aliphatic carbocycles. The zero-order valence-corrected chi connectivity index (χ0v) is 14.6. The van der Waals surface area contributed by atoms with Gasteiger partial charge in [0.25, 0.3) is 0 Å². The first-order valence-corrected chi connectivity index (χ1v) is 9.46. The number of nitrogens with zero attached hydrogens (tertiary/aromatic N) is 3. The number of fused-ring (bicyclic) bond motifs is 1. The number of imidazole rings is 1. The maximum Gasteiger partial charge on any atom is 0.125 e. The lowest BCUT2D eigenvalue weighted by molar-refractivity contribution is 0.0953. The van der Waals surface area contributed by atoms with E-state index in [0.29, 0.717) is 6.04 Å². The van der Waals surface area contributed by atoms with Crippen LogP contribution in [0.5, 0.6) is 0 Å². The summed E-state index contributed by atoms with van der Waals surface area (Å²) in [6, 6.07) is 5.30. The van der Waals surface area contributed by atoms with E-state index in [1.165, 1.54) is 37.8 Å². The van der Waals surface area contributed by atoms with Gasteiger partial charge >= 0.3 is 0 Å². The molecule has 1 aromatic heterocycles. The number of hydrogen-bond donors (Lipinski definition) is 2. The van der Waals surface area contributed by atoms with Crippen molar-refractivity contribution in [3.63, 3.8) is 0 Å². The molecule has 2 aliphatic rings. The van der Waals surface area contributed by atoms with Crippen molar-refractivity contribution in [3.05, 3.63) is 29.8 Å². The van der Waals surface area contributed by atoms with E-state index in [4.69, 9.17) is 0 Å². The van der Waals surface area contributed by atoms with Crippen LogP contribution >= 0.6 is 0 Å². The van der Waals surface area contributed by atoms with E-state index in [-0.39, 0.29) is 11.9 Å². The van der Waals surface area contributed by atoms with Gasteiger partial charge in [-0.15, -0.1) is 0 Å². The van der Waals surface area contributed by atoms with Crippen LogP contribution in [-0.2, 0) is 6.42 Å². The zero-order valence-electron chi connectivity index (χ0n) is 14.6. The van der Waals surface area contributed by atoms with Crippen LogP contribution in [0.15, 0.2) is 18.2 Å². The number of aromatic amines is 1. The molecule has 0 unspecified atom stereocenters. The second-order valence-corrected chi connectivity index (χ2v) is 7.48. The maximum absolute atomic E-state index is 13.3. The summed E-state index contributed by atoms with van der Waals surface area (Å²) in [4.78, 5) is 12.6. The van der Waals surface area contributed by atoms with Crippen molar-refractivity contribution in [2.24, 2.45) is 0 Å². The highest BCUT2D eigenvalue weighted by Crippen LogP contribution is 2.24. The molecule has 1 aliphatic heterocycles. The van der Waals surface area contributed by atoms with Crippen LogP contribution in [0, 0.1) is 5.82 Å². The van der Waals surface area contributed by atoms with Crippen LogP contribution in [0.3, 0.4) is 0 Å². The van der Waals surface area contributed by atoms with Gasteiger partial charge < -0.3 is 10.1 Å². The smallest absolute Gasteiger partial charge is 0.125 e. The van der Waals surface area contributed by atoms with Gasteiger partial charge in [-0.3, -0.25) is 9.80 Å². The van der Waals surface area contributed by atoms with Gasteiger partial charge in [0.05, 0.1) is 17.1 Å². The van der Waals surface area contributed by atoms with Crippen molar-refractivity contribution >= 4 is 11.0 Å². The van der Waals surface area contributed by atoms with E-state index >= 15 is 0 Å². The van der Waals surface area contributed by atoms with Gasteiger partial charge in [-0.1, -0.05) is 12.8 Å². The van der Waals surface area contributed by atoms with Crippen LogP contribution < -0.4 is 0 Å². The highest BCUT2D eigenvalue weighted by Gasteiger charge is 2.28. The molecule has 0 spiro atoms. The molecular formula is C19H27FN4O. The number of halogens is 1. The van der Waals surface area contributed by atoms with E-state index in [1.807, 2.05) is 0 Å². The molecule has 0 bridgehead atoms. The fraction of sp³-hybridized carbons (Fsp3) is 0.632. The van der Waals surface area contributed by atoms with Gasteiger partial charge in [0, 0.05) is 45.2 Å². The number of hydrogen-bond acceptors (Lipinski definition) is 4. The van der Waals surface area contributed by atoms with Crippen LogP contribution in [0.4, 0.5) is 4.39 Å². The Morgan fingerprint density at radius 1 is 1.20 bits per heavy atom. The van der Waals surface area contributed by atoms with Gasteiger partial charge in [0.2, 0.25) is 0 Å². The predicted octanol–water partition coefficient (Wildman–Crippen LogP) is 2.17. The predicted molar refractivity (Wildman–Crippen MR) is 96.0 cm³/mol. The molecule has 2 N–H and O–H groups in total. The minimum atomic E-state index is -0.284. The first-order chi connectivity index (χ1) is 12.2. The van der Waals surface area contributed by atoms with Crippen molar-refractivity contribution in [1.82, 2.24) is 19.8 Å². The summed E-state index contributed by atoms with van der Waals surface area (Å²) in [7, 11) is 0. The van der Waals surface area contributed by atoms with Crippen molar-refractivity contribution < 1.29 is 9.50 Å². The van der Waals surface area contributed by atoms with Crippen LogP contribution in [0.2, 0.25) is 0 Å². The molecular weight excluding hydrogens is 319 g/mol. The third kappa shape index (κ3) is 4.02. The van der Waals surface area contributed by atoms with Crippen LogP contribution in [0.25, 0.3) is 11.0 Å². The maximum atomic E-state index is 13.3. The summed E-state index contributed by atoms with van der Waals surface area (Å²) in [6.07, 6.45) is 5.71. The Kier molecular flexibility index (Phi) is 5.01. The van der Waals surface area contributed by atoms with E-state index < -0.39 is 0 Å². The van der Waals surface area contributed by atoms with E-state index in [0.717, 1.165) is 56.0 Å². The lowest BCUT2D eigenvalue weighted by Gasteiger charge is -2.28. The van der Waals surface area contributed by atoms with E-state index in [9.17, 15) is 9.50 Å². The molecule has 1 atom stereocenters. The molecule has 0 radical (unpaired) electrons. The Bertz CT molecular complexity index is 713. The number of aromatic nitrogens is 2. The summed E-state index contributed by atoms with van der Waals surface area (Å²) >= 11 is 0. The third-order valence-corrected chi connectivity index (χ3v) is 5.62. The van der Waals surface area contributed by atoms with Gasteiger partial charge in [0.1, 0.15) is 11.6 Å². The highest BCUT2D eigenvalue weighted by molar-refractivity contribution is 5.74. The monoisotopic (exact) mass is 346 g/mol. The third-order valence-electron chi connectivity index (χ3n) is 5.62. The molecule has 1 aromatic carbocycles. The number of benzene rings is 1. The first-order valence-electron chi connectivity index (χ1n) is 9.46. The Morgan fingerprint density at radius 2 is 2.04 bits per heavy atom. The summed E-state index contributed by atoms with van der Waals surface area (Å²) in [5.74, 6) is 0.636. The molecule has 4 rings (SSSR count). The fourth-order valence-corrected chi connectivity index (χ4v) is 4.30. The van der Waals surface area contributed by atoms with Gasteiger partial charge in [-0.25, -0.2) is 9.37 Å². The average molecular weight is 346 g/mol. The normalized spacial score (nSPS) is 24.2. The molecule has 0 amide bonds. The van der Waals surface area contributed by atoms with Crippen molar-refractivity contribution in [2.75, 3.05) is 32.7 Å². The van der Waals surface area contributed by atoms with Crippen LogP contribution in [0.1, 0.15) is 31.5 Å². The number of aliphatic hydroxyl groups is 1. The van der Waals surface area contributed by atoms with Gasteiger partial charge in [-0.05, 0) is 31.0 Å². The number of aliphatic hydroxyl groups excluding tert-OH is 1. The quantitative estimate of drug-likeness (QED) is 0.891.